The molecule has 1 aliphatic heterocycles. The van der Waals surface area contributed by atoms with E-state index in [0.29, 0.717) is 24.8 Å². The van der Waals surface area contributed by atoms with Gasteiger partial charge in [-0.3, -0.25) is 24.1 Å². The largest absolute Gasteiger partial charge is 0.502 e. The molecule has 2 unspecified atom stereocenters. The highest BCUT2D eigenvalue weighted by molar-refractivity contribution is 5.99. The quantitative estimate of drug-likeness (QED) is 0.752. The Hall–Kier alpha value is -3.43. The fourth-order valence-electron chi connectivity index (χ4n) is 4.73. The van der Waals surface area contributed by atoms with Crippen molar-refractivity contribution >= 4 is 11.8 Å². The number of aromatic nitrogens is 1. The fourth-order valence-corrected chi connectivity index (χ4v) is 4.73. The molecule has 2 amide bonds. The average Bonchev–Trinajstić information content (AvgIpc) is 3.14. The van der Waals surface area contributed by atoms with Crippen LogP contribution in [-0.4, -0.2) is 46.3 Å². The van der Waals surface area contributed by atoms with E-state index in [1.54, 1.807) is 24.0 Å². The highest BCUT2D eigenvalue weighted by atomic mass is 19.1. The van der Waals surface area contributed by atoms with Gasteiger partial charge < -0.3 is 15.3 Å². The Morgan fingerprint density at radius 2 is 2.00 bits per heavy atom. The predicted octanol–water partition coefficient (Wildman–Crippen LogP) is 1.93. The summed E-state index contributed by atoms with van der Waals surface area (Å²) in [6.45, 7) is 1.80. The van der Waals surface area contributed by atoms with Crippen molar-refractivity contribution in [3.05, 3.63) is 63.1 Å². The predicted molar refractivity (Wildman–Crippen MR) is 112 cm³/mol. The van der Waals surface area contributed by atoms with E-state index < -0.39 is 40.3 Å². The molecule has 10 heteroatoms. The number of nitrogens with one attached hydrogen (secondary N) is 1. The van der Waals surface area contributed by atoms with Crippen molar-refractivity contribution in [3.63, 3.8) is 0 Å². The summed E-state index contributed by atoms with van der Waals surface area (Å²) in [5, 5.41) is 14.7. The number of carbonyl (C=O) groups is 2. The number of carbonyl (C=O) groups excluding carboxylic acids is 2. The van der Waals surface area contributed by atoms with E-state index >= 15 is 0 Å². The van der Waals surface area contributed by atoms with Crippen molar-refractivity contribution in [2.45, 2.75) is 38.4 Å². The van der Waals surface area contributed by atoms with Gasteiger partial charge in [-0.05, 0) is 31.2 Å². The van der Waals surface area contributed by atoms with Gasteiger partial charge in [0, 0.05) is 38.5 Å². The Bertz CT molecular complexity index is 1180. The van der Waals surface area contributed by atoms with Gasteiger partial charge in [0.15, 0.2) is 11.4 Å². The molecular formula is C22H24F2N4O4. The highest BCUT2D eigenvalue weighted by Crippen LogP contribution is 2.43. The summed E-state index contributed by atoms with van der Waals surface area (Å²) in [6, 6.07) is 2.94. The van der Waals surface area contributed by atoms with Crippen LogP contribution in [0.3, 0.4) is 0 Å². The number of hydrogen-bond acceptors (Lipinski definition) is 5. The van der Waals surface area contributed by atoms with Crippen LogP contribution in [0.4, 0.5) is 8.78 Å². The number of halogens is 2. The molecule has 0 radical (unpaired) electrons. The first-order chi connectivity index (χ1) is 15.1. The van der Waals surface area contributed by atoms with Crippen molar-refractivity contribution in [1.82, 2.24) is 14.9 Å². The zero-order valence-electron chi connectivity index (χ0n) is 18.0. The minimum absolute atomic E-state index is 0.0369. The van der Waals surface area contributed by atoms with Crippen molar-refractivity contribution in [2.75, 3.05) is 19.1 Å². The third kappa shape index (κ3) is 3.21. The van der Waals surface area contributed by atoms with Crippen LogP contribution >= 0.6 is 0 Å². The van der Waals surface area contributed by atoms with E-state index in [2.05, 4.69) is 12.2 Å². The molecule has 1 aromatic heterocycles. The van der Waals surface area contributed by atoms with E-state index in [9.17, 15) is 28.3 Å². The van der Waals surface area contributed by atoms with Crippen LogP contribution in [0.5, 0.6) is 5.75 Å². The molecule has 1 fully saturated rings. The van der Waals surface area contributed by atoms with Gasteiger partial charge in [0.05, 0.1) is 0 Å². The number of aromatic hydroxyl groups is 1. The minimum Gasteiger partial charge on any atom is -0.502 e. The van der Waals surface area contributed by atoms with E-state index in [-0.39, 0.29) is 23.4 Å². The third-order valence-electron chi connectivity index (χ3n) is 6.63. The molecule has 2 aromatic rings. The minimum atomic E-state index is -1.00. The van der Waals surface area contributed by atoms with Crippen LogP contribution < -0.4 is 15.8 Å². The van der Waals surface area contributed by atoms with Crippen molar-refractivity contribution in [1.29, 1.82) is 0 Å². The maximum atomic E-state index is 13.9. The molecule has 170 valence electrons. The molecule has 0 bridgehead atoms. The maximum Gasteiger partial charge on any atom is 0.278 e. The Kier molecular flexibility index (Phi) is 5.18. The first-order valence-corrected chi connectivity index (χ1v) is 10.3. The smallest absolute Gasteiger partial charge is 0.278 e. The SMILES string of the molecule is CC1CCC2(C1)N(C)C(=O)c1c(O)c(=O)c(C(=O)NCc3ccc(F)cc3F)cn1N2C. The van der Waals surface area contributed by atoms with E-state index in [1.165, 1.54) is 16.9 Å². The number of benzene rings is 1. The van der Waals surface area contributed by atoms with Crippen LogP contribution in [0.25, 0.3) is 0 Å². The molecule has 1 aromatic carbocycles. The standard InChI is InChI=1S/C22H24F2N4O4/c1-12-6-7-22(9-12)26(2)21(32)17-19(30)18(29)15(11-28(17)27(22)3)20(31)25-10-13-4-5-14(23)8-16(13)24/h4-5,8,11-12,30H,6-7,9-10H2,1-3H3,(H,25,31). The van der Waals surface area contributed by atoms with Gasteiger partial charge in [0.25, 0.3) is 11.8 Å². The summed E-state index contributed by atoms with van der Waals surface area (Å²) in [5.41, 5.74) is -2.21. The third-order valence-corrected chi connectivity index (χ3v) is 6.63. The Morgan fingerprint density at radius 1 is 1.28 bits per heavy atom. The molecule has 2 aliphatic rings. The first kappa shape index (κ1) is 21.8. The molecule has 1 saturated carbocycles. The van der Waals surface area contributed by atoms with E-state index in [1.807, 2.05) is 0 Å². The molecule has 0 saturated heterocycles. The number of pyridine rings is 1. The van der Waals surface area contributed by atoms with Gasteiger partial charge in [-0.2, -0.15) is 0 Å². The summed E-state index contributed by atoms with van der Waals surface area (Å²) >= 11 is 0. The van der Waals surface area contributed by atoms with E-state index in [0.717, 1.165) is 12.5 Å². The molecule has 2 atom stereocenters. The Balaban J connectivity index is 1.70. The van der Waals surface area contributed by atoms with Gasteiger partial charge in [-0.15, -0.1) is 0 Å². The lowest BCUT2D eigenvalue weighted by atomic mass is 10.0. The van der Waals surface area contributed by atoms with Crippen molar-refractivity contribution in [2.24, 2.45) is 5.92 Å². The number of amides is 2. The van der Waals surface area contributed by atoms with Gasteiger partial charge in [-0.25, -0.2) is 8.78 Å². The van der Waals surface area contributed by atoms with E-state index in [4.69, 9.17) is 0 Å². The lowest BCUT2D eigenvalue weighted by Gasteiger charge is -2.51. The number of rotatable bonds is 3. The fraction of sp³-hybridized carbons (Fsp3) is 0.409. The van der Waals surface area contributed by atoms with Crippen LogP contribution in [0.2, 0.25) is 0 Å². The summed E-state index contributed by atoms with van der Waals surface area (Å²) < 4.78 is 28.3. The monoisotopic (exact) mass is 446 g/mol. The number of nitrogens with zero attached hydrogens (tertiary/aromatic N) is 3. The molecule has 1 spiro atoms. The normalized spacial score (nSPS) is 22.4. The van der Waals surface area contributed by atoms with Crippen molar-refractivity contribution < 1.29 is 23.5 Å². The molecule has 4 rings (SSSR count). The van der Waals surface area contributed by atoms with Crippen LogP contribution in [0.1, 0.15) is 52.6 Å². The molecule has 32 heavy (non-hydrogen) atoms. The van der Waals surface area contributed by atoms with Gasteiger partial charge in [0.2, 0.25) is 5.43 Å². The molecule has 2 heterocycles. The summed E-state index contributed by atoms with van der Waals surface area (Å²) in [4.78, 5) is 40.0. The Labute approximate surface area is 183 Å². The van der Waals surface area contributed by atoms with Gasteiger partial charge >= 0.3 is 0 Å². The van der Waals surface area contributed by atoms with Crippen LogP contribution in [0, 0.1) is 17.6 Å². The van der Waals surface area contributed by atoms with Gasteiger partial charge in [0.1, 0.15) is 22.9 Å². The van der Waals surface area contributed by atoms with Crippen molar-refractivity contribution in [3.8, 4) is 5.75 Å². The van der Waals surface area contributed by atoms with Crippen LogP contribution in [-0.2, 0) is 6.54 Å². The summed E-state index contributed by atoms with van der Waals surface area (Å²) in [6.07, 6.45) is 3.53. The molecular weight excluding hydrogens is 422 g/mol. The average molecular weight is 446 g/mol. The second-order valence-corrected chi connectivity index (χ2v) is 8.55. The topological polar surface area (TPSA) is 94.9 Å². The molecule has 1 aliphatic carbocycles. The molecule has 2 N–H and O–H groups in total. The first-order valence-electron chi connectivity index (χ1n) is 10.3. The summed E-state index contributed by atoms with van der Waals surface area (Å²) in [5.74, 6) is -3.39. The summed E-state index contributed by atoms with van der Waals surface area (Å²) in [7, 11) is 3.38. The zero-order chi connectivity index (χ0) is 23.4. The lowest BCUT2D eigenvalue weighted by Crippen LogP contribution is -2.67. The zero-order valence-corrected chi connectivity index (χ0v) is 18.0. The highest BCUT2D eigenvalue weighted by Gasteiger charge is 2.51. The second-order valence-electron chi connectivity index (χ2n) is 8.55. The molecule has 8 nitrogen and oxygen atoms in total. The lowest BCUT2D eigenvalue weighted by molar-refractivity contribution is 0.0393. The number of fused-ring (bicyclic) bond motifs is 1. The second kappa shape index (κ2) is 7.61. The van der Waals surface area contributed by atoms with Crippen LogP contribution in [0.15, 0.2) is 29.2 Å². The van der Waals surface area contributed by atoms with Gasteiger partial charge in [-0.1, -0.05) is 13.0 Å². The number of hydrogen-bond donors (Lipinski definition) is 2. The maximum absolute atomic E-state index is 13.9. The Morgan fingerprint density at radius 3 is 2.62 bits per heavy atom.